The number of hydrogen-bond acceptors (Lipinski definition) is 4. The minimum Gasteiger partial charge on any atom is -0.356 e. The summed E-state index contributed by atoms with van der Waals surface area (Å²) >= 11 is 0. The minimum absolute atomic E-state index is 0. The van der Waals surface area contributed by atoms with Crippen LogP contribution in [0.2, 0.25) is 0 Å². The molecule has 1 fully saturated rings. The fourth-order valence-corrected chi connectivity index (χ4v) is 4.46. The first kappa shape index (κ1) is 25.4. The molecule has 1 saturated heterocycles. The largest absolute Gasteiger partial charge is 0.356 e. The molecule has 0 radical (unpaired) electrons. The Labute approximate surface area is 214 Å². The van der Waals surface area contributed by atoms with Crippen LogP contribution in [0.1, 0.15) is 42.5 Å². The van der Waals surface area contributed by atoms with Crippen molar-refractivity contribution >= 4 is 35.8 Å². The standard InChI is InChI=1S/C25H34N6O.HI/c1-26-25(29-22-11-15-30(16-12-22)19-23-9-4-5-13-27-23)28-14-6-10-24(32)31-17-20-7-2-3-8-21(20)18-31;/h2-5,7-9,13,22H,6,10-12,14-19H2,1H3,(H2,26,28,29);1H. The van der Waals surface area contributed by atoms with E-state index >= 15 is 0 Å². The summed E-state index contributed by atoms with van der Waals surface area (Å²) in [6, 6.07) is 14.8. The Morgan fingerprint density at radius 3 is 2.42 bits per heavy atom. The molecule has 1 amide bonds. The summed E-state index contributed by atoms with van der Waals surface area (Å²) in [6.45, 7) is 5.24. The molecule has 0 unspecified atom stereocenters. The molecule has 7 nitrogen and oxygen atoms in total. The van der Waals surface area contributed by atoms with Gasteiger partial charge in [-0.2, -0.15) is 0 Å². The number of halogens is 1. The van der Waals surface area contributed by atoms with Gasteiger partial charge in [-0.05, 0) is 42.5 Å². The van der Waals surface area contributed by atoms with Crippen molar-refractivity contribution < 1.29 is 4.79 Å². The molecular weight excluding hydrogens is 527 g/mol. The van der Waals surface area contributed by atoms with Gasteiger partial charge >= 0.3 is 0 Å². The number of carbonyl (C=O) groups is 1. The fraction of sp³-hybridized carbons (Fsp3) is 0.480. The van der Waals surface area contributed by atoms with Gasteiger partial charge in [0.25, 0.3) is 0 Å². The Morgan fingerprint density at radius 1 is 1.09 bits per heavy atom. The summed E-state index contributed by atoms with van der Waals surface area (Å²) < 4.78 is 0. The lowest BCUT2D eigenvalue weighted by Gasteiger charge is -2.32. The maximum Gasteiger partial charge on any atom is 0.223 e. The third kappa shape index (κ3) is 7.40. The van der Waals surface area contributed by atoms with Crippen molar-refractivity contribution in [2.45, 2.75) is 51.4 Å². The van der Waals surface area contributed by atoms with Crippen LogP contribution in [0.15, 0.2) is 53.7 Å². The maximum atomic E-state index is 12.5. The molecule has 2 aliphatic heterocycles. The monoisotopic (exact) mass is 562 g/mol. The molecule has 1 aromatic carbocycles. The second-order valence-electron chi connectivity index (χ2n) is 8.64. The van der Waals surface area contributed by atoms with Crippen LogP contribution in [0, 0.1) is 0 Å². The van der Waals surface area contributed by atoms with Gasteiger partial charge in [0, 0.05) is 65.0 Å². The highest BCUT2D eigenvalue weighted by Crippen LogP contribution is 2.22. The van der Waals surface area contributed by atoms with Gasteiger partial charge in [-0.1, -0.05) is 30.3 Å². The topological polar surface area (TPSA) is 72.9 Å². The van der Waals surface area contributed by atoms with Gasteiger partial charge in [0.05, 0.1) is 5.69 Å². The normalized spacial score (nSPS) is 16.8. The van der Waals surface area contributed by atoms with E-state index in [-0.39, 0.29) is 29.9 Å². The van der Waals surface area contributed by atoms with Crippen LogP contribution in [-0.2, 0) is 24.4 Å². The maximum absolute atomic E-state index is 12.5. The molecule has 2 aliphatic rings. The third-order valence-electron chi connectivity index (χ3n) is 6.32. The Morgan fingerprint density at radius 2 is 1.79 bits per heavy atom. The molecule has 4 rings (SSSR count). The zero-order valence-corrected chi connectivity index (χ0v) is 21.7. The number of nitrogens with zero attached hydrogens (tertiary/aromatic N) is 4. The molecule has 178 valence electrons. The predicted octanol–water partition coefficient (Wildman–Crippen LogP) is 3.15. The van der Waals surface area contributed by atoms with Crippen LogP contribution in [0.4, 0.5) is 0 Å². The quantitative estimate of drug-likeness (QED) is 0.235. The summed E-state index contributed by atoms with van der Waals surface area (Å²) in [7, 11) is 1.80. The minimum atomic E-state index is 0. The van der Waals surface area contributed by atoms with Crippen LogP contribution in [0.25, 0.3) is 0 Å². The van der Waals surface area contributed by atoms with E-state index in [9.17, 15) is 4.79 Å². The lowest BCUT2D eigenvalue weighted by Crippen LogP contribution is -2.48. The lowest BCUT2D eigenvalue weighted by molar-refractivity contribution is -0.131. The summed E-state index contributed by atoms with van der Waals surface area (Å²) in [6.07, 6.45) is 5.39. The number of amides is 1. The molecule has 2 aromatic rings. The number of benzene rings is 1. The average Bonchev–Trinajstić information content (AvgIpc) is 3.27. The number of hydrogen-bond donors (Lipinski definition) is 2. The van der Waals surface area contributed by atoms with E-state index in [0.717, 1.165) is 70.2 Å². The van der Waals surface area contributed by atoms with E-state index in [1.807, 2.05) is 35.4 Å². The van der Waals surface area contributed by atoms with Crippen molar-refractivity contribution in [1.29, 1.82) is 0 Å². The SMILES string of the molecule is CN=C(NCCCC(=O)N1Cc2ccccc2C1)NC1CCN(Cc2ccccn2)CC1.I. The first-order chi connectivity index (χ1) is 15.7. The summed E-state index contributed by atoms with van der Waals surface area (Å²) in [5, 5.41) is 6.92. The van der Waals surface area contributed by atoms with Crippen molar-refractivity contribution in [2.24, 2.45) is 4.99 Å². The van der Waals surface area contributed by atoms with Crippen molar-refractivity contribution in [1.82, 2.24) is 25.4 Å². The number of rotatable bonds is 7. The Kier molecular flexibility index (Phi) is 9.93. The first-order valence-electron chi connectivity index (χ1n) is 11.7. The number of pyridine rings is 1. The highest BCUT2D eigenvalue weighted by Gasteiger charge is 2.23. The van der Waals surface area contributed by atoms with Crippen molar-refractivity contribution in [3.8, 4) is 0 Å². The van der Waals surface area contributed by atoms with Crippen LogP contribution in [-0.4, -0.2) is 59.4 Å². The molecule has 0 saturated carbocycles. The van der Waals surface area contributed by atoms with Crippen LogP contribution in [0.5, 0.6) is 0 Å². The van der Waals surface area contributed by atoms with E-state index in [1.165, 1.54) is 11.1 Å². The molecular formula is C25H35IN6O. The van der Waals surface area contributed by atoms with Crippen molar-refractivity contribution in [3.05, 3.63) is 65.5 Å². The molecule has 1 aromatic heterocycles. The van der Waals surface area contributed by atoms with Crippen molar-refractivity contribution in [2.75, 3.05) is 26.7 Å². The number of likely N-dealkylation sites (tertiary alicyclic amines) is 1. The van der Waals surface area contributed by atoms with Crippen LogP contribution in [0.3, 0.4) is 0 Å². The van der Waals surface area contributed by atoms with E-state index in [4.69, 9.17) is 0 Å². The third-order valence-corrected chi connectivity index (χ3v) is 6.32. The Hall–Kier alpha value is -2.20. The number of aliphatic imine (C=N–C) groups is 1. The molecule has 2 N–H and O–H groups in total. The average molecular weight is 563 g/mol. The highest BCUT2D eigenvalue weighted by molar-refractivity contribution is 14.0. The molecule has 0 aliphatic carbocycles. The van der Waals surface area contributed by atoms with Gasteiger partial charge in [-0.25, -0.2) is 0 Å². The number of carbonyl (C=O) groups excluding carboxylic acids is 1. The van der Waals surface area contributed by atoms with Crippen molar-refractivity contribution in [3.63, 3.8) is 0 Å². The van der Waals surface area contributed by atoms with Gasteiger partial charge in [-0.3, -0.25) is 19.7 Å². The molecule has 0 spiro atoms. The van der Waals surface area contributed by atoms with Gasteiger partial charge in [0.15, 0.2) is 5.96 Å². The zero-order chi connectivity index (χ0) is 22.2. The summed E-state index contributed by atoms with van der Waals surface area (Å²) in [4.78, 5) is 25.8. The second-order valence-corrected chi connectivity index (χ2v) is 8.64. The molecule has 3 heterocycles. The summed E-state index contributed by atoms with van der Waals surface area (Å²) in [5.74, 6) is 1.06. The zero-order valence-electron chi connectivity index (χ0n) is 19.4. The smallest absolute Gasteiger partial charge is 0.223 e. The molecule has 33 heavy (non-hydrogen) atoms. The number of aromatic nitrogens is 1. The van der Waals surface area contributed by atoms with E-state index in [1.54, 1.807) is 7.05 Å². The summed E-state index contributed by atoms with van der Waals surface area (Å²) in [5.41, 5.74) is 3.67. The molecule has 0 bridgehead atoms. The Bertz CT molecular complexity index is 889. The number of nitrogens with one attached hydrogen (secondary N) is 2. The number of fused-ring (bicyclic) bond motifs is 1. The van der Waals surface area contributed by atoms with Gasteiger partial charge in [0.1, 0.15) is 0 Å². The van der Waals surface area contributed by atoms with E-state index in [0.29, 0.717) is 12.5 Å². The van der Waals surface area contributed by atoms with Crippen LogP contribution >= 0.6 is 24.0 Å². The Balaban J connectivity index is 0.00000306. The molecule has 8 heteroatoms. The van der Waals surface area contributed by atoms with E-state index < -0.39 is 0 Å². The molecule has 0 atom stereocenters. The fourth-order valence-electron chi connectivity index (χ4n) is 4.46. The highest BCUT2D eigenvalue weighted by atomic mass is 127. The number of guanidine groups is 1. The number of piperidine rings is 1. The van der Waals surface area contributed by atoms with Gasteiger partial charge in [0.2, 0.25) is 5.91 Å². The van der Waals surface area contributed by atoms with Gasteiger partial charge in [-0.15, -0.1) is 24.0 Å². The second kappa shape index (κ2) is 12.9. The van der Waals surface area contributed by atoms with Crippen LogP contribution < -0.4 is 10.6 Å². The van der Waals surface area contributed by atoms with E-state index in [2.05, 4.69) is 43.7 Å². The lowest BCUT2D eigenvalue weighted by atomic mass is 10.0. The van der Waals surface area contributed by atoms with Gasteiger partial charge < -0.3 is 15.5 Å². The first-order valence-corrected chi connectivity index (χ1v) is 11.7. The predicted molar refractivity (Wildman–Crippen MR) is 142 cm³/mol.